The summed E-state index contributed by atoms with van der Waals surface area (Å²) in [5.74, 6) is 0. The fraction of sp³-hybridized carbons (Fsp3) is 0. The lowest BCUT2D eigenvalue weighted by molar-refractivity contribution is 1.18. The molecule has 0 spiro atoms. The Morgan fingerprint density at radius 3 is 1.28 bits per heavy atom. The average molecular weight is 673 g/mol. The van der Waals surface area contributed by atoms with Crippen LogP contribution in [0.4, 0.5) is 5.69 Å². The van der Waals surface area contributed by atoms with Gasteiger partial charge in [0.15, 0.2) is 5.69 Å². The van der Waals surface area contributed by atoms with Crippen LogP contribution in [0.5, 0.6) is 0 Å². The van der Waals surface area contributed by atoms with Crippen LogP contribution in [-0.4, -0.2) is 4.57 Å². The zero-order chi connectivity index (χ0) is 35.3. The van der Waals surface area contributed by atoms with Crippen molar-refractivity contribution in [1.29, 1.82) is 0 Å². The predicted octanol–water partition coefficient (Wildman–Crippen LogP) is 14.3. The summed E-state index contributed by atoms with van der Waals surface area (Å²) >= 11 is 0. The molecule has 10 aromatic rings. The molecular weight excluding hydrogens is 641 g/mol. The highest BCUT2D eigenvalue weighted by atomic mass is 15.0. The SMILES string of the molecule is [C-]#[N+]c1cc(-c2ccc(-c3ccc(-n4c5ccccc5c5ccccc54)cc3)cc2)ccc1-c1c2ccccc2c(-c2ccccc2)c2ccccc12. The van der Waals surface area contributed by atoms with E-state index in [1.54, 1.807) is 0 Å². The first-order valence-corrected chi connectivity index (χ1v) is 18.0. The van der Waals surface area contributed by atoms with Gasteiger partial charge in [-0.3, -0.25) is 0 Å². The highest BCUT2D eigenvalue weighted by Gasteiger charge is 2.19. The Morgan fingerprint density at radius 2 is 0.755 bits per heavy atom. The Morgan fingerprint density at radius 1 is 0.340 bits per heavy atom. The molecule has 0 fully saturated rings. The molecule has 0 atom stereocenters. The molecule has 2 heteroatoms. The Labute approximate surface area is 308 Å². The minimum absolute atomic E-state index is 0.648. The minimum Gasteiger partial charge on any atom is -0.309 e. The number of nitrogens with zero attached hydrogens (tertiary/aromatic N) is 2. The Kier molecular flexibility index (Phi) is 7.23. The molecule has 0 unspecified atom stereocenters. The van der Waals surface area contributed by atoms with Crippen LogP contribution in [0.25, 0.3) is 98.4 Å². The number of aromatic nitrogens is 1. The maximum Gasteiger partial charge on any atom is 0.195 e. The first kappa shape index (κ1) is 30.6. The Balaban J connectivity index is 1.01. The van der Waals surface area contributed by atoms with Crippen LogP contribution in [0, 0.1) is 6.57 Å². The van der Waals surface area contributed by atoms with E-state index in [4.69, 9.17) is 6.57 Å². The molecule has 1 heterocycles. The molecule has 0 saturated carbocycles. The zero-order valence-corrected chi connectivity index (χ0v) is 28.9. The molecule has 53 heavy (non-hydrogen) atoms. The second kappa shape index (κ2) is 12.5. The van der Waals surface area contributed by atoms with Gasteiger partial charge >= 0.3 is 0 Å². The van der Waals surface area contributed by atoms with Crippen LogP contribution >= 0.6 is 0 Å². The van der Waals surface area contributed by atoms with Gasteiger partial charge in [0.1, 0.15) is 0 Å². The van der Waals surface area contributed by atoms with Gasteiger partial charge in [-0.05, 0) is 96.4 Å². The van der Waals surface area contributed by atoms with Crippen molar-refractivity contribution in [3.8, 4) is 50.2 Å². The van der Waals surface area contributed by atoms with E-state index >= 15 is 0 Å². The van der Waals surface area contributed by atoms with Gasteiger partial charge in [-0.1, -0.05) is 164 Å². The van der Waals surface area contributed by atoms with Crippen molar-refractivity contribution < 1.29 is 0 Å². The summed E-state index contributed by atoms with van der Waals surface area (Å²) in [6, 6.07) is 68.9. The van der Waals surface area contributed by atoms with Crippen molar-refractivity contribution in [2.24, 2.45) is 0 Å². The van der Waals surface area contributed by atoms with E-state index < -0.39 is 0 Å². The van der Waals surface area contributed by atoms with Crippen molar-refractivity contribution in [3.05, 3.63) is 206 Å². The molecule has 0 aliphatic heterocycles. The summed E-state index contributed by atoms with van der Waals surface area (Å²) in [5, 5.41) is 7.20. The molecule has 0 aliphatic carbocycles. The van der Waals surface area contributed by atoms with Gasteiger partial charge in [0.25, 0.3) is 0 Å². The van der Waals surface area contributed by atoms with Gasteiger partial charge in [-0.2, -0.15) is 0 Å². The van der Waals surface area contributed by atoms with Crippen LogP contribution in [0.1, 0.15) is 0 Å². The molecule has 246 valence electrons. The minimum atomic E-state index is 0.648. The van der Waals surface area contributed by atoms with Crippen LogP contribution in [-0.2, 0) is 0 Å². The quantitative estimate of drug-likeness (QED) is 0.127. The van der Waals surface area contributed by atoms with Gasteiger partial charge in [-0.15, -0.1) is 0 Å². The number of fused-ring (bicyclic) bond motifs is 5. The average Bonchev–Trinajstić information content (AvgIpc) is 3.57. The summed E-state index contributed by atoms with van der Waals surface area (Å²) in [6.07, 6.45) is 0. The van der Waals surface area contributed by atoms with E-state index in [1.165, 1.54) is 43.7 Å². The van der Waals surface area contributed by atoms with Gasteiger partial charge < -0.3 is 4.57 Å². The van der Waals surface area contributed by atoms with Crippen LogP contribution < -0.4 is 0 Å². The van der Waals surface area contributed by atoms with Gasteiger partial charge in [-0.25, -0.2) is 4.85 Å². The largest absolute Gasteiger partial charge is 0.309 e. The van der Waals surface area contributed by atoms with E-state index in [2.05, 4.69) is 197 Å². The molecule has 1 aromatic heterocycles. The maximum atomic E-state index is 8.31. The summed E-state index contributed by atoms with van der Waals surface area (Å²) < 4.78 is 2.35. The third kappa shape index (κ3) is 5.02. The van der Waals surface area contributed by atoms with E-state index in [0.29, 0.717) is 5.69 Å². The standard InChI is InChI=1S/C51H32N2/c1-52-47-33-38(29-32-46(47)51-44-19-7-5-17-42(44)50(37-13-3-2-4-14-37)43-18-6-8-20-45(43)51)36-25-23-34(24-26-36)35-27-30-39(31-28-35)53-48-21-11-9-15-40(48)41-16-10-12-22-49(41)53/h2-33H. The molecule has 2 nitrogen and oxygen atoms in total. The number of rotatable bonds is 5. The van der Waals surface area contributed by atoms with Gasteiger partial charge in [0.2, 0.25) is 0 Å². The fourth-order valence-corrected chi connectivity index (χ4v) is 8.21. The third-order valence-electron chi connectivity index (χ3n) is 10.6. The summed E-state index contributed by atoms with van der Waals surface area (Å²) in [7, 11) is 0. The van der Waals surface area contributed by atoms with E-state index in [-0.39, 0.29) is 0 Å². The maximum absolute atomic E-state index is 8.31. The fourth-order valence-electron chi connectivity index (χ4n) is 8.21. The molecule has 0 radical (unpaired) electrons. The molecule has 0 bridgehead atoms. The number of hydrogen-bond donors (Lipinski definition) is 0. The second-order valence-electron chi connectivity index (χ2n) is 13.5. The van der Waals surface area contributed by atoms with Crippen LogP contribution in [0.3, 0.4) is 0 Å². The van der Waals surface area contributed by atoms with Crippen LogP contribution in [0.2, 0.25) is 0 Å². The lowest BCUT2D eigenvalue weighted by Gasteiger charge is -2.19. The van der Waals surface area contributed by atoms with Gasteiger partial charge in [0.05, 0.1) is 17.6 Å². The lowest BCUT2D eigenvalue weighted by atomic mass is 9.85. The number of hydrogen-bond acceptors (Lipinski definition) is 0. The molecule has 0 amide bonds. The topological polar surface area (TPSA) is 9.29 Å². The number of para-hydroxylation sites is 2. The van der Waals surface area contributed by atoms with E-state index in [9.17, 15) is 0 Å². The predicted molar refractivity (Wildman–Crippen MR) is 224 cm³/mol. The third-order valence-corrected chi connectivity index (χ3v) is 10.6. The Hall–Kier alpha value is -7.21. The summed E-state index contributed by atoms with van der Waals surface area (Å²) in [4.78, 5) is 4.11. The van der Waals surface area contributed by atoms with Crippen molar-refractivity contribution in [2.45, 2.75) is 0 Å². The van der Waals surface area contributed by atoms with E-state index in [1.807, 2.05) is 6.07 Å². The summed E-state index contributed by atoms with van der Waals surface area (Å²) in [5.41, 5.74) is 13.1. The highest BCUT2D eigenvalue weighted by molar-refractivity contribution is 6.22. The Bertz CT molecular complexity index is 2920. The lowest BCUT2D eigenvalue weighted by Crippen LogP contribution is -1.93. The monoisotopic (exact) mass is 672 g/mol. The van der Waals surface area contributed by atoms with Gasteiger partial charge in [0, 0.05) is 16.5 Å². The molecule has 0 saturated heterocycles. The van der Waals surface area contributed by atoms with Crippen LogP contribution in [0.15, 0.2) is 194 Å². The normalized spacial score (nSPS) is 11.4. The van der Waals surface area contributed by atoms with Crippen molar-refractivity contribution in [2.75, 3.05) is 0 Å². The molecular formula is C51H32N2. The first-order valence-electron chi connectivity index (χ1n) is 18.0. The smallest absolute Gasteiger partial charge is 0.195 e. The molecule has 0 N–H and O–H groups in total. The molecule has 9 aromatic carbocycles. The van der Waals surface area contributed by atoms with Crippen molar-refractivity contribution >= 4 is 49.0 Å². The molecule has 0 aliphatic rings. The van der Waals surface area contributed by atoms with Crippen molar-refractivity contribution in [3.63, 3.8) is 0 Å². The van der Waals surface area contributed by atoms with E-state index in [0.717, 1.165) is 49.8 Å². The number of benzene rings is 9. The van der Waals surface area contributed by atoms with Crippen molar-refractivity contribution in [1.82, 2.24) is 4.57 Å². The first-order chi connectivity index (χ1) is 26.3. The zero-order valence-electron chi connectivity index (χ0n) is 28.9. The molecule has 10 rings (SSSR count). The summed E-state index contributed by atoms with van der Waals surface area (Å²) in [6.45, 7) is 8.31. The second-order valence-corrected chi connectivity index (χ2v) is 13.5. The highest BCUT2D eigenvalue weighted by Crippen LogP contribution is 2.46.